The molecular formula is C13H21N5. The molecule has 18 heavy (non-hydrogen) atoms. The van der Waals surface area contributed by atoms with Gasteiger partial charge in [-0.2, -0.15) is 0 Å². The topological polar surface area (TPSA) is 58.3 Å². The molecule has 0 spiro atoms. The third-order valence-corrected chi connectivity index (χ3v) is 4.15. The Kier molecular flexibility index (Phi) is 3.07. The molecule has 0 saturated carbocycles. The van der Waals surface area contributed by atoms with Crippen molar-refractivity contribution in [3.63, 3.8) is 0 Å². The predicted octanol–water partition coefficient (Wildman–Crippen LogP) is 1.12. The van der Waals surface area contributed by atoms with E-state index in [1.165, 1.54) is 25.8 Å². The van der Waals surface area contributed by atoms with Crippen molar-refractivity contribution >= 4 is 11.6 Å². The average molecular weight is 247 g/mol. The van der Waals surface area contributed by atoms with Gasteiger partial charge in [0.15, 0.2) is 5.82 Å². The van der Waals surface area contributed by atoms with Gasteiger partial charge in [-0.05, 0) is 38.4 Å². The van der Waals surface area contributed by atoms with Crippen LogP contribution in [0.25, 0.3) is 0 Å². The van der Waals surface area contributed by atoms with Crippen LogP contribution in [-0.2, 0) is 0 Å². The van der Waals surface area contributed by atoms with Gasteiger partial charge in [-0.3, -0.25) is 4.90 Å². The van der Waals surface area contributed by atoms with E-state index in [1.54, 1.807) is 0 Å². The van der Waals surface area contributed by atoms with Crippen molar-refractivity contribution in [2.24, 2.45) is 0 Å². The van der Waals surface area contributed by atoms with Gasteiger partial charge in [0, 0.05) is 25.2 Å². The monoisotopic (exact) mass is 247 g/mol. The van der Waals surface area contributed by atoms with Crippen molar-refractivity contribution in [1.82, 2.24) is 15.1 Å². The van der Waals surface area contributed by atoms with E-state index in [2.05, 4.69) is 26.9 Å². The van der Waals surface area contributed by atoms with E-state index in [1.807, 2.05) is 12.1 Å². The highest BCUT2D eigenvalue weighted by atomic mass is 15.4. The van der Waals surface area contributed by atoms with Crippen LogP contribution in [0.3, 0.4) is 0 Å². The number of nitrogens with two attached hydrogens (primary N) is 1. The molecule has 2 aliphatic heterocycles. The summed E-state index contributed by atoms with van der Waals surface area (Å²) in [4.78, 5) is 5.01. The lowest BCUT2D eigenvalue weighted by Gasteiger charge is -2.47. The molecule has 3 rings (SSSR count). The van der Waals surface area contributed by atoms with Crippen molar-refractivity contribution in [1.29, 1.82) is 0 Å². The number of piperazine rings is 1. The Morgan fingerprint density at radius 1 is 1.22 bits per heavy atom. The van der Waals surface area contributed by atoms with Crippen LogP contribution in [-0.4, -0.2) is 46.8 Å². The maximum absolute atomic E-state index is 5.60. The van der Waals surface area contributed by atoms with Crippen molar-refractivity contribution in [2.45, 2.75) is 38.3 Å². The van der Waals surface area contributed by atoms with Gasteiger partial charge in [-0.1, -0.05) is 6.42 Å². The van der Waals surface area contributed by atoms with Crippen LogP contribution in [0.1, 0.15) is 26.2 Å². The third-order valence-electron chi connectivity index (χ3n) is 4.15. The number of hydrogen-bond acceptors (Lipinski definition) is 5. The summed E-state index contributed by atoms with van der Waals surface area (Å²) in [6, 6.07) is 5.01. The Labute approximate surface area is 108 Å². The smallest absolute Gasteiger partial charge is 0.151 e. The van der Waals surface area contributed by atoms with Gasteiger partial charge in [0.25, 0.3) is 0 Å². The standard InChI is InChI=1S/C13H21N5/c1-10-8-17-7-3-2-4-11(17)9-18(10)13-6-5-12(14)15-16-13/h5-6,10-11H,2-4,7-9H2,1H3,(H2,14,15). The molecule has 1 aromatic rings. The first kappa shape index (κ1) is 11.7. The van der Waals surface area contributed by atoms with E-state index in [0.717, 1.165) is 18.9 Å². The quantitative estimate of drug-likeness (QED) is 0.806. The van der Waals surface area contributed by atoms with Crippen LogP contribution < -0.4 is 10.6 Å². The first-order valence-corrected chi connectivity index (χ1v) is 6.84. The Morgan fingerprint density at radius 3 is 2.89 bits per heavy atom. The molecule has 0 radical (unpaired) electrons. The third kappa shape index (κ3) is 2.14. The largest absolute Gasteiger partial charge is 0.382 e. The van der Waals surface area contributed by atoms with Crippen LogP contribution >= 0.6 is 0 Å². The predicted molar refractivity (Wildman–Crippen MR) is 72.5 cm³/mol. The molecule has 0 aromatic carbocycles. The van der Waals surface area contributed by atoms with Crippen molar-refractivity contribution in [3.8, 4) is 0 Å². The molecule has 2 aliphatic rings. The maximum atomic E-state index is 5.60. The molecule has 0 aliphatic carbocycles. The summed E-state index contributed by atoms with van der Waals surface area (Å²) in [6.07, 6.45) is 4.02. The molecule has 98 valence electrons. The number of nitrogen functional groups attached to an aromatic ring is 1. The Bertz CT molecular complexity index is 404. The van der Waals surface area contributed by atoms with Crippen LogP contribution in [0.4, 0.5) is 11.6 Å². The molecule has 0 amide bonds. The first-order chi connectivity index (χ1) is 8.74. The van der Waals surface area contributed by atoms with Crippen LogP contribution in [0.15, 0.2) is 12.1 Å². The molecule has 2 unspecified atom stereocenters. The average Bonchev–Trinajstić information content (AvgIpc) is 2.39. The highest BCUT2D eigenvalue weighted by Crippen LogP contribution is 2.26. The van der Waals surface area contributed by atoms with E-state index in [4.69, 9.17) is 5.73 Å². The molecule has 1 aromatic heterocycles. The molecule has 2 atom stereocenters. The fraction of sp³-hybridized carbons (Fsp3) is 0.692. The molecule has 3 heterocycles. The molecule has 0 bridgehead atoms. The summed E-state index contributed by atoms with van der Waals surface area (Å²) in [6.45, 7) is 5.73. The zero-order chi connectivity index (χ0) is 12.5. The van der Waals surface area contributed by atoms with Gasteiger partial charge >= 0.3 is 0 Å². The van der Waals surface area contributed by atoms with E-state index < -0.39 is 0 Å². The molecule has 2 N–H and O–H groups in total. The Morgan fingerprint density at radius 2 is 2.11 bits per heavy atom. The summed E-state index contributed by atoms with van der Waals surface area (Å²) >= 11 is 0. The molecule has 5 heteroatoms. The molecule has 5 nitrogen and oxygen atoms in total. The summed E-state index contributed by atoms with van der Waals surface area (Å²) in [7, 11) is 0. The van der Waals surface area contributed by atoms with Gasteiger partial charge in [-0.15, -0.1) is 10.2 Å². The van der Waals surface area contributed by atoms with Crippen molar-refractivity contribution in [3.05, 3.63) is 12.1 Å². The van der Waals surface area contributed by atoms with Crippen LogP contribution in [0.5, 0.6) is 0 Å². The second kappa shape index (κ2) is 4.72. The number of aromatic nitrogens is 2. The fourth-order valence-electron chi connectivity index (χ4n) is 3.16. The zero-order valence-corrected chi connectivity index (χ0v) is 10.9. The summed E-state index contributed by atoms with van der Waals surface area (Å²) in [5, 5.41) is 8.19. The van der Waals surface area contributed by atoms with E-state index in [-0.39, 0.29) is 0 Å². The molecular weight excluding hydrogens is 226 g/mol. The highest BCUT2D eigenvalue weighted by Gasteiger charge is 2.33. The zero-order valence-electron chi connectivity index (χ0n) is 10.9. The molecule has 2 fully saturated rings. The van der Waals surface area contributed by atoms with Crippen molar-refractivity contribution < 1.29 is 0 Å². The second-order valence-corrected chi connectivity index (χ2v) is 5.46. The minimum Gasteiger partial charge on any atom is -0.382 e. The number of anilines is 2. The normalized spacial score (nSPS) is 29.1. The van der Waals surface area contributed by atoms with Gasteiger partial charge in [0.1, 0.15) is 5.82 Å². The van der Waals surface area contributed by atoms with E-state index in [9.17, 15) is 0 Å². The summed E-state index contributed by atoms with van der Waals surface area (Å²) in [5.41, 5.74) is 5.60. The minimum absolute atomic E-state index is 0.489. The lowest BCUT2D eigenvalue weighted by atomic mass is 9.97. The number of fused-ring (bicyclic) bond motifs is 1. The summed E-state index contributed by atoms with van der Waals surface area (Å²) in [5.74, 6) is 1.45. The van der Waals surface area contributed by atoms with Gasteiger partial charge in [0.05, 0.1) is 0 Å². The number of rotatable bonds is 1. The van der Waals surface area contributed by atoms with Crippen molar-refractivity contribution in [2.75, 3.05) is 30.3 Å². The van der Waals surface area contributed by atoms with Gasteiger partial charge < -0.3 is 10.6 Å². The minimum atomic E-state index is 0.489. The second-order valence-electron chi connectivity index (χ2n) is 5.46. The van der Waals surface area contributed by atoms with E-state index in [0.29, 0.717) is 17.9 Å². The van der Waals surface area contributed by atoms with Crippen LogP contribution in [0, 0.1) is 0 Å². The van der Waals surface area contributed by atoms with Gasteiger partial charge in [0.2, 0.25) is 0 Å². The maximum Gasteiger partial charge on any atom is 0.151 e. The number of hydrogen-bond donors (Lipinski definition) is 1. The first-order valence-electron chi connectivity index (χ1n) is 6.84. The Balaban J connectivity index is 1.77. The van der Waals surface area contributed by atoms with Gasteiger partial charge in [-0.25, -0.2) is 0 Å². The number of piperidine rings is 1. The summed E-state index contributed by atoms with van der Waals surface area (Å²) < 4.78 is 0. The molecule has 2 saturated heterocycles. The van der Waals surface area contributed by atoms with E-state index >= 15 is 0 Å². The highest BCUT2D eigenvalue weighted by molar-refractivity contribution is 5.43. The SMILES string of the molecule is CC1CN2CCCCC2CN1c1ccc(N)nn1. The Hall–Kier alpha value is -1.36. The lowest BCUT2D eigenvalue weighted by Crippen LogP contribution is -2.59. The fourth-order valence-corrected chi connectivity index (χ4v) is 3.16. The van der Waals surface area contributed by atoms with Crippen LogP contribution in [0.2, 0.25) is 0 Å². The lowest BCUT2D eigenvalue weighted by molar-refractivity contribution is 0.115. The number of nitrogens with zero attached hydrogens (tertiary/aromatic N) is 4.